The molecule has 19 heavy (non-hydrogen) atoms. The van der Waals surface area contributed by atoms with Crippen LogP contribution in [0.15, 0.2) is 0 Å². The number of aliphatic carboxylic acids is 1. The second kappa shape index (κ2) is 5.32. The van der Waals surface area contributed by atoms with E-state index in [1.165, 1.54) is 11.8 Å². The Labute approximate surface area is 118 Å². The Morgan fingerprint density at radius 2 is 2.11 bits per heavy atom. The molecular formula is C13H22N2O3S. The number of carbonyl (C=O) groups is 2. The van der Waals surface area contributed by atoms with E-state index in [4.69, 9.17) is 0 Å². The standard InChI is InChI=1S/C13H22N2O3S/c1-8-15(9(7-19-8)12(17)18)11(16)10-13(2,3)5-4-6-14-10/h8-10,14H,4-7H2,1-3H3,(H,17,18). The van der Waals surface area contributed by atoms with Crippen molar-refractivity contribution in [2.45, 2.75) is 51.1 Å². The van der Waals surface area contributed by atoms with E-state index < -0.39 is 12.0 Å². The highest BCUT2D eigenvalue weighted by molar-refractivity contribution is 8.00. The summed E-state index contributed by atoms with van der Waals surface area (Å²) in [6, 6.07) is -0.962. The molecular weight excluding hydrogens is 264 g/mol. The molecule has 2 saturated heterocycles. The Kier molecular flexibility index (Phi) is 4.11. The molecule has 3 atom stereocenters. The van der Waals surface area contributed by atoms with Crippen molar-refractivity contribution in [1.29, 1.82) is 0 Å². The molecule has 0 spiro atoms. The molecule has 0 aromatic heterocycles. The second-order valence-corrected chi connectivity index (χ2v) is 7.36. The van der Waals surface area contributed by atoms with Crippen LogP contribution in [0.3, 0.4) is 0 Å². The number of amides is 1. The van der Waals surface area contributed by atoms with E-state index >= 15 is 0 Å². The fraction of sp³-hybridized carbons (Fsp3) is 0.846. The van der Waals surface area contributed by atoms with Crippen LogP contribution < -0.4 is 5.32 Å². The van der Waals surface area contributed by atoms with Crippen molar-refractivity contribution in [1.82, 2.24) is 10.2 Å². The van der Waals surface area contributed by atoms with Gasteiger partial charge >= 0.3 is 5.97 Å². The first-order valence-corrected chi connectivity index (χ1v) is 7.79. The minimum atomic E-state index is -0.904. The molecule has 0 saturated carbocycles. The van der Waals surface area contributed by atoms with Gasteiger partial charge in [-0.25, -0.2) is 4.79 Å². The number of thioether (sulfide) groups is 1. The van der Waals surface area contributed by atoms with Crippen molar-refractivity contribution in [2.75, 3.05) is 12.3 Å². The molecule has 5 nitrogen and oxygen atoms in total. The molecule has 2 aliphatic heterocycles. The third-order valence-corrected chi connectivity index (χ3v) is 5.35. The Balaban J connectivity index is 2.19. The predicted molar refractivity (Wildman–Crippen MR) is 75.0 cm³/mol. The van der Waals surface area contributed by atoms with Crippen molar-refractivity contribution in [2.24, 2.45) is 5.41 Å². The SMILES string of the molecule is CC1SCC(C(=O)O)N1C(=O)C1NCCCC1(C)C. The summed E-state index contributed by atoms with van der Waals surface area (Å²) in [6.07, 6.45) is 2.05. The quantitative estimate of drug-likeness (QED) is 0.796. The first-order chi connectivity index (χ1) is 8.84. The Morgan fingerprint density at radius 3 is 2.68 bits per heavy atom. The van der Waals surface area contributed by atoms with E-state index in [0.29, 0.717) is 5.75 Å². The maximum Gasteiger partial charge on any atom is 0.327 e. The molecule has 2 fully saturated rings. The lowest BCUT2D eigenvalue weighted by Gasteiger charge is -2.41. The van der Waals surface area contributed by atoms with Gasteiger partial charge in [-0.1, -0.05) is 13.8 Å². The summed E-state index contributed by atoms with van der Waals surface area (Å²) in [5.41, 5.74) is -0.120. The van der Waals surface area contributed by atoms with Gasteiger partial charge < -0.3 is 15.3 Å². The zero-order chi connectivity index (χ0) is 14.2. The minimum Gasteiger partial charge on any atom is -0.480 e. The summed E-state index contributed by atoms with van der Waals surface area (Å²) >= 11 is 1.53. The van der Waals surface area contributed by atoms with Gasteiger partial charge in [-0.3, -0.25) is 4.79 Å². The van der Waals surface area contributed by atoms with Crippen molar-refractivity contribution in [3.8, 4) is 0 Å². The fourth-order valence-corrected chi connectivity index (χ4v) is 4.12. The molecule has 3 unspecified atom stereocenters. The third-order valence-electron chi connectivity index (χ3n) is 4.14. The number of hydrogen-bond acceptors (Lipinski definition) is 4. The van der Waals surface area contributed by atoms with E-state index in [0.717, 1.165) is 19.4 Å². The monoisotopic (exact) mass is 286 g/mol. The van der Waals surface area contributed by atoms with Gasteiger partial charge in [0.15, 0.2) is 0 Å². The van der Waals surface area contributed by atoms with Gasteiger partial charge in [-0.2, -0.15) is 0 Å². The van der Waals surface area contributed by atoms with Gasteiger partial charge in [-0.05, 0) is 31.7 Å². The minimum absolute atomic E-state index is 0.0606. The Morgan fingerprint density at radius 1 is 1.42 bits per heavy atom. The largest absolute Gasteiger partial charge is 0.480 e. The van der Waals surface area contributed by atoms with Crippen LogP contribution in [0.25, 0.3) is 0 Å². The van der Waals surface area contributed by atoms with E-state index in [2.05, 4.69) is 19.2 Å². The molecule has 2 aliphatic rings. The lowest BCUT2D eigenvalue weighted by molar-refractivity contribution is -0.151. The van der Waals surface area contributed by atoms with Crippen LogP contribution in [0.5, 0.6) is 0 Å². The van der Waals surface area contributed by atoms with Crippen LogP contribution >= 0.6 is 11.8 Å². The van der Waals surface area contributed by atoms with Gasteiger partial charge in [0.2, 0.25) is 5.91 Å². The van der Waals surface area contributed by atoms with Crippen molar-refractivity contribution < 1.29 is 14.7 Å². The van der Waals surface area contributed by atoms with Crippen LogP contribution in [-0.4, -0.2) is 51.6 Å². The first kappa shape index (κ1) is 14.7. The smallest absolute Gasteiger partial charge is 0.327 e. The zero-order valence-electron chi connectivity index (χ0n) is 11.7. The molecule has 0 aliphatic carbocycles. The van der Waals surface area contributed by atoms with E-state index in [-0.39, 0.29) is 22.7 Å². The van der Waals surface area contributed by atoms with Crippen molar-refractivity contribution in [3.63, 3.8) is 0 Å². The maximum absolute atomic E-state index is 12.7. The van der Waals surface area contributed by atoms with Crippen LogP contribution in [0.2, 0.25) is 0 Å². The number of hydrogen-bond donors (Lipinski definition) is 2. The molecule has 0 aromatic rings. The van der Waals surface area contributed by atoms with Crippen LogP contribution in [0.1, 0.15) is 33.6 Å². The molecule has 1 amide bonds. The number of rotatable bonds is 2. The van der Waals surface area contributed by atoms with E-state index in [1.54, 1.807) is 4.90 Å². The molecule has 0 aromatic carbocycles. The molecule has 2 rings (SSSR count). The van der Waals surface area contributed by atoms with Gasteiger partial charge in [0.05, 0.1) is 11.4 Å². The summed E-state index contributed by atoms with van der Waals surface area (Å²) in [6.45, 7) is 6.88. The number of nitrogens with one attached hydrogen (secondary N) is 1. The van der Waals surface area contributed by atoms with Gasteiger partial charge in [0, 0.05) is 5.75 Å². The topological polar surface area (TPSA) is 69.6 Å². The summed E-state index contributed by atoms with van der Waals surface area (Å²) < 4.78 is 0. The number of carbonyl (C=O) groups excluding carboxylic acids is 1. The molecule has 0 bridgehead atoms. The summed E-state index contributed by atoms with van der Waals surface area (Å²) in [7, 11) is 0. The van der Waals surface area contributed by atoms with Crippen molar-refractivity contribution in [3.05, 3.63) is 0 Å². The highest BCUT2D eigenvalue weighted by Crippen LogP contribution is 2.35. The van der Waals surface area contributed by atoms with Crippen molar-refractivity contribution >= 4 is 23.6 Å². The highest BCUT2D eigenvalue weighted by Gasteiger charge is 2.46. The maximum atomic E-state index is 12.7. The molecule has 2 heterocycles. The van der Waals surface area contributed by atoms with Gasteiger partial charge in [0.25, 0.3) is 0 Å². The average Bonchev–Trinajstić information content (AvgIpc) is 2.70. The molecule has 6 heteroatoms. The lowest BCUT2D eigenvalue weighted by atomic mass is 9.77. The molecule has 108 valence electrons. The van der Waals surface area contributed by atoms with Crippen LogP contribution in [-0.2, 0) is 9.59 Å². The summed E-state index contributed by atoms with van der Waals surface area (Å²) in [5, 5.41) is 12.5. The first-order valence-electron chi connectivity index (χ1n) is 6.74. The summed E-state index contributed by atoms with van der Waals surface area (Å²) in [5.74, 6) is -0.483. The molecule has 2 N–H and O–H groups in total. The number of nitrogens with zero attached hydrogens (tertiary/aromatic N) is 1. The second-order valence-electron chi connectivity index (χ2n) is 6.01. The zero-order valence-corrected chi connectivity index (χ0v) is 12.5. The Bertz CT molecular complexity index is 386. The summed E-state index contributed by atoms with van der Waals surface area (Å²) in [4.78, 5) is 25.6. The highest BCUT2D eigenvalue weighted by atomic mass is 32.2. The van der Waals surface area contributed by atoms with E-state index in [1.807, 2.05) is 6.92 Å². The van der Waals surface area contributed by atoms with Gasteiger partial charge in [-0.15, -0.1) is 11.8 Å². The average molecular weight is 286 g/mol. The predicted octanol–water partition coefficient (Wildman–Crippen LogP) is 1.14. The Hall–Kier alpha value is -0.750. The van der Waals surface area contributed by atoms with Crippen LogP contribution in [0.4, 0.5) is 0 Å². The number of piperidine rings is 1. The van der Waals surface area contributed by atoms with Crippen LogP contribution in [0, 0.1) is 5.41 Å². The fourth-order valence-electron chi connectivity index (χ4n) is 2.95. The lowest BCUT2D eigenvalue weighted by Crippen LogP contribution is -2.59. The van der Waals surface area contributed by atoms with Gasteiger partial charge in [0.1, 0.15) is 6.04 Å². The number of carboxylic acids is 1. The number of carboxylic acid groups (broad SMARTS) is 1. The normalized spacial score (nSPS) is 34.3. The van der Waals surface area contributed by atoms with E-state index in [9.17, 15) is 14.7 Å². The molecule has 0 radical (unpaired) electrons. The third kappa shape index (κ3) is 2.74.